The number of methoxy groups -OCH3 is 2. The molecule has 1 unspecified atom stereocenters. The maximum absolute atomic E-state index is 12.5. The third-order valence-corrected chi connectivity index (χ3v) is 6.08. The average Bonchev–Trinajstić information content (AvgIpc) is 3.13. The number of carbonyl (C=O) groups is 2. The molecular weight excluding hydrogens is 384 g/mol. The molecule has 0 aliphatic carbocycles. The van der Waals surface area contributed by atoms with E-state index < -0.39 is 0 Å². The summed E-state index contributed by atoms with van der Waals surface area (Å²) in [7, 11) is 3.11. The molecule has 1 spiro atoms. The van der Waals surface area contributed by atoms with Crippen LogP contribution in [0.3, 0.4) is 0 Å². The zero-order valence-corrected chi connectivity index (χ0v) is 18.5. The number of piperidine rings is 1. The van der Waals surface area contributed by atoms with Crippen LogP contribution < -0.4 is 14.8 Å². The lowest BCUT2D eigenvalue weighted by Crippen LogP contribution is -2.47. The Morgan fingerprint density at radius 3 is 2.50 bits per heavy atom. The topological polar surface area (TPSA) is 77.1 Å². The Morgan fingerprint density at radius 1 is 1.17 bits per heavy atom. The van der Waals surface area contributed by atoms with Crippen molar-refractivity contribution in [3.63, 3.8) is 0 Å². The number of rotatable bonds is 7. The first kappa shape index (κ1) is 22.4. The Labute approximate surface area is 179 Å². The molecule has 7 heteroatoms. The monoisotopic (exact) mass is 418 g/mol. The third-order valence-electron chi connectivity index (χ3n) is 6.08. The van der Waals surface area contributed by atoms with E-state index in [-0.39, 0.29) is 23.5 Å². The summed E-state index contributed by atoms with van der Waals surface area (Å²) >= 11 is 0. The number of nitrogens with one attached hydrogen (secondary N) is 1. The van der Waals surface area contributed by atoms with E-state index in [9.17, 15) is 9.59 Å². The largest absolute Gasteiger partial charge is 0.493 e. The third kappa shape index (κ3) is 5.25. The van der Waals surface area contributed by atoms with Crippen molar-refractivity contribution in [2.24, 2.45) is 5.92 Å². The van der Waals surface area contributed by atoms with Crippen molar-refractivity contribution in [1.82, 2.24) is 10.2 Å². The number of hydrogen-bond acceptors (Lipinski definition) is 5. The minimum Gasteiger partial charge on any atom is -0.493 e. The number of ether oxygens (including phenoxy) is 3. The summed E-state index contributed by atoms with van der Waals surface area (Å²) in [6.07, 6.45) is 4.27. The first-order valence-corrected chi connectivity index (χ1v) is 10.8. The molecule has 30 heavy (non-hydrogen) atoms. The Kier molecular flexibility index (Phi) is 7.23. The van der Waals surface area contributed by atoms with Gasteiger partial charge in [-0.2, -0.15) is 0 Å². The van der Waals surface area contributed by atoms with Crippen LogP contribution in [0, 0.1) is 5.92 Å². The zero-order valence-electron chi connectivity index (χ0n) is 18.5. The molecule has 3 rings (SSSR count). The fourth-order valence-electron chi connectivity index (χ4n) is 4.34. The predicted octanol–water partition coefficient (Wildman–Crippen LogP) is 3.02. The molecule has 2 heterocycles. The fraction of sp³-hybridized carbons (Fsp3) is 0.652. The van der Waals surface area contributed by atoms with Crippen LogP contribution in [0.15, 0.2) is 18.2 Å². The molecule has 1 N–H and O–H groups in total. The molecule has 2 aliphatic heterocycles. The second kappa shape index (κ2) is 9.69. The highest BCUT2D eigenvalue weighted by atomic mass is 16.5. The molecule has 2 amide bonds. The van der Waals surface area contributed by atoms with E-state index in [1.54, 1.807) is 32.4 Å². The second-order valence-corrected chi connectivity index (χ2v) is 8.72. The molecule has 0 radical (unpaired) electrons. The van der Waals surface area contributed by atoms with Crippen LogP contribution in [0.2, 0.25) is 0 Å². The maximum Gasteiger partial charge on any atom is 0.251 e. The quantitative estimate of drug-likeness (QED) is 0.737. The molecule has 2 aliphatic rings. The Bertz CT molecular complexity index is 756. The fourth-order valence-corrected chi connectivity index (χ4v) is 4.34. The van der Waals surface area contributed by atoms with E-state index in [1.807, 2.05) is 4.90 Å². The van der Waals surface area contributed by atoms with E-state index >= 15 is 0 Å². The van der Waals surface area contributed by atoms with E-state index in [1.165, 1.54) is 0 Å². The van der Waals surface area contributed by atoms with Gasteiger partial charge in [0.25, 0.3) is 5.91 Å². The summed E-state index contributed by atoms with van der Waals surface area (Å²) < 4.78 is 16.9. The van der Waals surface area contributed by atoms with Crippen LogP contribution in [0.5, 0.6) is 11.5 Å². The normalized spacial score (nSPS) is 20.4. The van der Waals surface area contributed by atoms with Gasteiger partial charge in [-0.05, 0) is 49.8 Å². The lowest BCUT2D eigenvalue weighted by Gasteiger charge is -2.39. The summed E-state index contributed by atoms with van der Waals surface area (Å²) in [4.78, 5) is 26.8. The highest BCUT2D eigenvalue weighted by Crippen LogP contribution is 2.39. The zero-order chi connectivity index (χ0) is 21.7. The molecule has 166 valence electrons. The molecule has 7 nitrogen and oxygen atoms in total. The van der Waals surface area contributed by atoms with Gasteiger partial charge in [-0.15, -0.1) is 0 Å². The van der Waals surface area contributed by atoms with E-state index in [2.05, 4.69) is 19.2 Å². The SMILES string of the molecule is COc1ccc(C(=O)NCC2CCC3(CCN(C(=O)CC(C)C)CC3)O2)cc1OC. The van der Waals surface area contributed by atoms with Crippen molar-refractivity contribution in [2.45, 2.75) is 57.7 Å². The van der Waals surface area contributed by atoms with Gasteiger partial charge in [0.2, 0.25) is 5.91 Å². The van der Waals surface area contributed by atoms with Gasteiger partial charge in [-0.1, -0.05) is 13.8 Å². The Morgan fingerprint density at radius 2 is 1.87 bits per heavy atom. The molecule has 0 saturated carbocycles. The number of hydrogen-bond donors (Lipinski definition) is 1. The minimum atomic E-state index is -0.158. The highest BCUT2D eigenvalue weighted by Gasteiger charge is 2.43. The molecule has 2 fully saturated rings. The van der Waals surface area contributed by atoms with Gasteiger partial charge in [-0.3, -0.25) is 9.59 Å². The second-order valence-electron chi connectivity index (χ2n) is 8.72. The highest BCUT2D eigenvalue weighted by molar-refractivity contribution is 5.94. The van der Waals surface area contributed by atoms with E-state index in [0.717, 1.165) is 38.8 Å². The van der Waals surface area contributed by atoms with Crippen molar-refractivity contribution in [3.8, 4) is 11.5 Å². The summed E-state index contributed by atoms with van der Waals surface area (Å²) in [5.74, 6) is 1.59. The number of carbonyl (C=O) groups excluding carboxylic acids is 2. The predicted molar refractivity (Wildman–Crippen MR) is 114 cm³/mol. The first-order chi connectivity index (χ1) is 14.4. The van der Waals surface area contributed by atoms with Gasteiger partial charge in [0.1, 0.15) is 0 Å². The summed E-state index contributed by atoms with van der Waals surface area (Å²) in [6, 6.07) is 5.12. The lowest BCUT2D eigenvalue weighted by atomic mass is 9.88. The molecule has 2 saturated heterocycles. The van der Waals surface area contributed by atoms with Crippen molar-refractivity contribution in [1.29, 1.82) is 0 Å². The molecule has 1 aromatic rings. The molecule has 1 aromatic carbocycles. The lowest BCUT2D eigenvalue weighted by molar-refractivity contribution is -0.138. The Hall–Kier alpha value is -2.28. The number of nitrogens with zero attached hydrogens (tertiary/aromatic N) is 1. The van der Waals surface area contributed by atoms with Crippen LogP contribution in [-0.4, -0.2) is 62.3 Å². The first-order valence-electron chi connectivity index (χ1n) is 10.8. The van der Waals surface area contributed by atoms with Crippen molar-refractivity contribution >= 4 is 11.8 Å². The van der Waals surface area contributed by atoms with E-state index in [0.29, 0.717) is 35.9 Å². The number of amides is 2. The van der Waals surface area contributed by atoms with Crippen LogP contribution in [0.4, 0.5) is 0 Å². The van der Waals surface area contributed by atoms with Gasteiger partial charge in [0.05, 0.1) is 25.9 Å². The molecule has 0 bridgehead atoms. The van der Waals surface area contributed by atoms with Gasteiger partial charge < -0.3 is 24.4 Å². The van der Waals surface area contributed by atoms with Crippen LogP contribution >= 0.6 is 0 Å². The average molecular weight is 419 g/mol. The van der Waals surface area contributed by atoms with E-state index in [4.69, 9.17) is 14.2 Å². The van der Waals surface area contributed by atoms with Crippen LogP contribution in [0.25, 0.3) is 0 Å². The molecular formula is C23H34N2O5. The standard InChI is InChI=1S/C23H34N2O5/c1-16(2)13-21(26)25-11-9-23(10-12-25)8-7-18(30-23)15-24-22(27)17-5-6-19(28-3)20(14-17)29-4/h5-6,14,16,18H,7-13,15H2,1-4H3,(H,24,27). The van der Waals surface area contributed by atoms with Crippen molar-refractivity contribution in [2.75, 3.05) is 33.9 Å². The van der Waals surface area contributed by atoms with Gasteiger partial charge in [0.15, 0.2) is 11.5 Å². The maximum atomic E-state index is 12.5. The number of benzene rings is 1. The van der Waals surface area contributed by atoms with Gasteiger partial charge in [0, 0.05) is 31.6 Å². The van der Waals surface area contributed by atoms with Crippen LogP contribution in [0.1, 0.15) is 56.3 Å². The smallest absolute Gasteiger partial charge is 0.251 e. The van der Waals surface area contributed by atoms with Crippen LogP contribution in [-0.2, 0) is 9.53 Å². The van der Waals surface area contributed by atoms with Crippen molar-refractivity contribution < 1.29 is 23.8 Å². The van der Waals surface area contributed by atoms with Crippen molar-refractivity contribution in [3.05, 3.63) is 23.8 Å². The van der Waals surface area contributed by atoms with Gasteiger partial charge in [-0.25, -0.2) is 0 Å². The number of likely N-dealkylation sites (tertiary alicyclic amines) is 1. The Balaban J connectivity index is 1.48. The molecule has 1 atom stereocenters. The summed E-state index contributed by atoms with van der Waals surface area (Å²) in [5.41, 5.74) is 0.380. The van der Waals surface area contributed by atoms with Gasteiger partial charge >= 0.3 is 0 Å². The summed E-state index contributed by atoms with van der Waals surface area (Å²) in [5, 5.41) is 2.98. The minimum absolute atomic E-state index is 0.00649. The molecule has 0 aromatic heterocycles. The summed E-state index contributed by atoms with van der Waals surface area (Å²) in [6.45, 7) is 6.14.